The summed E-state index contributed by atoms with van der Waals surface area (Å²) in [6, 6.07) is 15.2. The number of hydrogen-bond acceptors (Lipinski definition) is 3. The van der Waals surface area contributed by atoms with Gasteiger partial charge < -0.3 is 9.47 Å². The molecule has 124 valence electrons. The molecule has 0 spiro atoms. The molecule has 0 bridgehead atoms. The van der Waals surface area contributed by atoms with Crippen molar-refractivity contribution in [3.05, 3.63) is 59.2 Å². The Kier molecular flexibility index (Phi) is 4.63. The maximum absolute atomic E-state index is 5.48. The van der Waals surface area contributed by atoms with Crippen molar-refractivity contribution in [2.75, 3.05) is 14.2 Å². The fraction of sp³-hybridized carbons (Fsp3) is 0.238. The molecule has 0 saturated carbocycles. The summed E-state index contributed by atoms with van der Waals surface area (Å²) in [6.07, 6.45) is 0. The minimum atomic E-state index is 0.772. The van der Waals surface area contributed by atoms with E-state index in [0.717, 1.165) is 22.6 Å². The van der Waals surface area contributed by atoms with Crippen LogP contribution in [-0.4, -0.2) is 14.2 Å². The second-order valence-corrected chi connectivity index (χ2v) is 7.08. The average Bonchev–Trinajstić information content (AvgIpc) is 3.06. The van der Waals surface area contributed by atoms with Gasteiger partial charge in [0.05, 0.1) is 14.2 Å². The molecule has 0 saturated heterocycles. The molecule has 2 nitrogen and oxygen atoms in total. The van der Waals surface area contributed by atoms with Crippen LogP contribution in [0.15, 0.2) is 42.5 Å². The van der Waals surface area contributed by atoms with Crippen LogP contribution in [0.1, 0.15) is 16.7 Å². The van der Waals surface area contributed by atoms with E-state index in [9.17, 15) is 0 Å². The van der Waals surface area contributed by atoms with E-state index < -0.39 is 0 Å². The van der Waals surface area contributed by atoms with E-state index in [1.54, 1.807) is 25.6 Å². The maximum Gasteiger partial charge on any atom is 0.163 e. The van der Waals surface area contributed by atoms with Gasteiger partial charge >= 0.3 is 0 Å². The van der Waals surface area contributed by atoms with E-state index in [-0.39, 0.29) is 0 Å². The smallest absolute Gasteiger partial charge is 0.163 e. The zero-order valence-corrected chi connectivity index (χ0v) is 15.6. The zero-order chi connectivity index (χ0) is 17.3. The molecule has 0 aliphatic rings. The maximum atomic E-state index is 5.48. The Morgan fingerprint density at radius 2 is 1.33 bits per heavy atom. The highest BCUT2D eigenvalue weighted by Gasteiger charge is 2.12. The molecule has 3 aromatic rings. The second kappa shape index (κ2) is 6.70. The van der Waals surface area contributed by atoms with E-state index in [1.165, 1.54) is 26.4 Å². The Morgan fingerprint density at radius 3 is 1.96 bits per heavy atom. The van der Waals surface area contributed by atoms with Gasteiger partial charge in [0, 0.05) is 9.75 Å². The van der Waals surface area contributed by atoms with E-state index >= 15 is 0 Å². The molecular formula is C21H22O2S. The van der Waals surface area contributed by atoms with Gasteiger partial charge in [0.25, 0.3) is 0 Å². The SMILES string of the molecule is COc1cc(-c2ccc(-c3ccc(C)c(C)c3)s2)cc(C)c1OC. The quantitative estimate of drug-likeness (QED) is 0.578. The van der Waals surface area contributed by atoms with Gasteiger partial charge in [-0.3, -0.25) is 0 Å². The summed E-state index contributed by atoms with van der Waals surface area (Å²) in [5, 5.41) is 0. The predicted octanol–water partition coefficient (Wildman–Crippen LogP) is 6.02. The lowest BCUT2D eigenvalue weighted by Gasteiger charge is -2.12. The lowest BCUT2D eigenvalue weighted by Crippen LogP contribution is -1.93. The first-order valence-electron chi connectivity index (χ1n) is 7.94. The Labute approximate surface area is 147 Å². The van der Waals surface area contributed by atoms with E-state index in [1.807, 2.05) is 13.0 Å². The van der Waals surface area contributed by atoms with Crippen molar-refractivity contribution in [1.29, 1.82) is 0 Å². The van der Waals surface area contributed by atoms with Crippen LogP contribution in [0, 0.1) is 20.8 Å². The van der Waals surface area contributed by atoms with Gasteiger partial charge in [0.1, 0.15) is 0 Å². The highest BCUT2D eigenvalue weighted by molar-refractivity contribution is 7.18. The number of hydrogen-bond donors (Lipinski definition) is 0. The first kappa shape index (κ1) is 16.6. The van der Waals surface area contributed by atoms with Crippen molar-refractivity contribution in [3.63, 3.8) is 0 Å². The number of rotatable bonds is 4. The summed E-state index contributed by atoms with van der Waals surface area (Å²) in [7, 11) is 3.35. The van der Waals surface area contributed by atoms with Crippen molar-refractivity contribution < 1.29 is 9.47 Å². The summed E-state index contributed by atoms with van der Waals surface area (Å²) < 4.78 is 10.9. The fourth-order valence-electron chi connectivity index (χ4n) is 2.84. The summed E-state index contributed by atoms with van der Waals surface area (Å²) in [5.41, 5.74) is 6.15. The summed E-state index contributed by atoms with van der Waals surface area (Å²) in [6.45, 7) is 6.35. The molecule has 1 heterocycles. The number of methoxy groups -OCH3 is 2. The van der Waals surface area contributed by atoms with Crippen LogP contribution in [0.25, 0.3) is 20.9 Å². The molecule has 24 heavy (non-hydrogen) atoms. The van der Waals surface area contributed by atoms with Crippen LogP contribution >= 0.6 is 11.3 Å². The third kappa shape index (κ3) is 3.04. The Morgan fingerprint density at radius 1 is 0.667 bits per heavy atom. The van der Waals surface area contributed by atoms with Crippen LogP contribution in [0.2, 0.25) is 0 Å². The van der Waals surface area contributed by atoms with Gasteiger partial charge in [-0.05, 0) is 72.9 Å². The zero-order valence-electron chi connectivity index (χ0n) is 14.8. The number of ether oxygens (including phenoxy) is 2. The topological polar surface area (TPSA) is 18.5 Å². The van der Waals surface area contributed by atoms with Gasteiger partial charge in [-0.2, -0.15) is 0 Å². The van der Waals surface area contributed by atoms with Crippen LogP contribution in [0.3, 0.4) is 0 Å². The normalized spacial score (nSPS) is 10.7. The third-order valence-corrected chi connectivity index (χ3v) is 5.53. The van der Waals surface area contributed by atoms with Crippen LogP contribution in [0.4, 0.5) is 0 Å². The Balaban J connectivity index is 2.01. The number of benzene rings is 2. The van der Waals surface area contributed by atoms with Gasteiger partial charge in [-0.1, -0.05) is 18.2 Å². The van der Waals surface area contributed by atoms with Gasteiger partial charge in [0.15, 0.2) is 11.5 Å². The fourth-order valence-corrected chi connectivity index (χ4v) is 3.83. The van der Waals surface area contributed by atoms with Gasteiger partial charge in [0.2, 0.25) is 0 Å². The molecular weight excluding hydrogens is 316 g/mol. The minimum Gasteiger partial charge on any atom is -0.493 e. The predicted molar refractivity (Wildman–Crippen MR) is 103 cm³/mol. The molecule has 0 fully saturated rings. The van der Waals surface area contributed by atoms with Crippen molar-refractivity contribution >= 4 is 11.3 Å². The van der Waals surface area contributed by atoms with E-state index in [2.05, 4.69) is 50.2 Å². The average molecular weight is 338 g/mol. The molecule has 0 radical (unpaired) electrons. The minimum absolute atomic E-state index is 0.772. The molecule has 0 amide bonds. The van der Waals surface area contributed by atoms with Gasteiger partial charge in [-0.15, -0.1) is 11.3 Å². The molecule has 0 unspecified atom stereocenters. The summed E-state index contributed by atoms with van der Waals surface area (Å²) in [4.78, 5) is 2.51. The highest BCUT2D eigenvalue weighted by atomic mass is 32.1. The standard InChI is InChI=1S/C21H22O2S/c1-13-6-7-16(10-14(13)2)19-8-9-20(24-19)17-11-15(3)21(23-5)18(12-17)22-4/h6-12H,1-5H3. The number of thiophene rings is 1. The van der Waals surface area contributed by atoms with E-state index in [4.69, 9.17) is 9.47 Å². The van der Waals surface area contributed by atoms with Crippen molar-refractivity contribution in [2.45, 2.75) is 20.8 Å². The molecule has 1 aromatic heterocycles. The molecule has 0 aliphatic carbocycles. The van der Waals surface area contributed by atoms with E-state index in [0.29, 0.717) is 0 Å². The van der Waals surface area contributed by atoms with Crippen LogP contribution < -0.4 is 9.47 Å². The van der Waals surface area contributed by atoms with Crippen LogP contribution in [0.5, 0.6) is 11.5 Å². The lowest BCUT2D eigenvalue weighted by molar-refractivity contribution is 0.353. The van der Waals surface area contributed by atoms with Crippen LogP contribution in [-0.2, 0) is 0 Å². The second-order valence-electron chi connectivity index (χ2n) is 5.99. The molecule has 0 aliphatic heterocycles. The monoisotopic (exact) mass is 338 g/mol. The highest BCUT2D eigenvalue weighted by Crippen LogP contribution is 2.40. The van der Waals surface area contributed by atoms with Crippen molar-refractivity contribution in [3.8, 4) is 32.4 Å². The molecule has 3 heteroatoms. The van der Waals surface area contributed by atoms with Gasteiger partial charge in [-0.25, -0.2) is 0 Å². The van der Waals surface area contributed by atoms with Crippen molar-refractivity contribution in [2.24, 2.45) is 0 Å². The molecule has 2 aromatic carbocycles. The molecule has 0 atom stereocenters. The first-order chi connectivity index (χ1) is 11.5. The largest absolute Gasteiger partial charge is 0.493 e. The molecule has 0 N–H and O–H groups in total. The Bertz CT molecular complexity index is 878. The summed E-state index contributed by atoms with van der Waals surface area (Å²) >= 11 is 1.80. The summed E-state index contributed by atoms with van der Waals surface area (Å²) in [5.74, 6) is 1.57. The lowest BCUT2D eigenvalue weighted by atomic mass is 10.1. The first-order valence-corrected chi connectivity index (χ1v) is 8.75. The third-order valence-electron chi connectivity index (χ3n) is 4.35. The molecule has 3 rings (SSSR count). The Hall–Kier alpha value is -2.26. The van der Waals surface area contributed by atoms with Crippen molar-refractivity contribution in [1.82, 2.24) is 0 Å². The number of aryl methyl sites for hydroxylation is 3.